The Kier molecular flexibility index (Phi) is 6.37. The molecule has 1 heterocycles. The topological polar surface area (TPSA) is 116 Å². The predicted octanol–water partition coefficient (Wildman–Crippen LogP) is -0.209. The lowest BCUT2D eigenvalue weighted by Crippen LogP contribution is -2.48. The minimum atomic E-state index is -1.51. The highest BCUT2D eigenvalue weighted by Gasteiger charge is 2.20. The summed E-state index contributed by atoms with van der Waals surface area (Å²) < 4.78 is 0. The number of piperazine rings is 1. The molecule has 1 saturated heterocycles. The Bertz CT molecular complexity index is 966. The number of para-hydroxylation sites is 1. The molecule has 0 spiro atoms. The van der Waals surface area contributed by atoms with Crippen LogP contribution in [0.15, 0.2) is 36.4 Å². The number of rotatable bonds is 6. The second-order valence-electron chi connectivity index (χ2n) is 7.32. The van der Waals surface area contributed by atoms with Gasteiger partial charge in [0.25, 0.3) is 0 Å². The van der Waals surface area contributed by atoms with E-state index >= 15 is 0 Å². The minimum Gasteiger partial charge on any atom is -0.545 e. The normalized spacial score (nSPS) is 14.4. The van der Waals surface area contributed by atoms with Crippen LogP contribution in [0.25, 0.3) is 0 Å². The first-order chi connectivity index (χ1) is 14.3. The molecular formula is C22H23N3O5-2. The summed E-state index contributed by atoms with van der Waals surface area (Å²) in [5.41, 5.74) is 1.03. The molecule has 8 nitrogen and oxygen atoms in total. The molecule has 30 heavy (non-hydrogen) atoms. The Hall–Kier alpha value is -3.39. The average Bonchev–Trinajstić information content (AvgIpc) is 2.71. The fourth-order valence-electron chi connectivity index (χ4n) is 3.76. The molecular weight excluding hydrogens is 386 g/mol. The number of nitrogens with one attached hydrogen (secondary N) is 1. The highest BCUT2D eigenvalue weighted by molar-refractivity contribution is 6.01. The third-order valence-corrected chi connectivity index (χ3v) is 5.41. The van der Waals surface area contributed by atoms with Crippen molar-refractivity contribution in [3.05, 3.63) is 58.7 Å². The van der Waals surface area contributed by atoms with Crippen molar-refractivity contribution in [3.8, 4) is 0 Å². The minimum absolute atomic E-state index is 0.0440. The smallest absolute Gasteiger partial charge is 0.238 e. The molecule has 1 N–H and O–H groups in total. The van der Waals surface area contributed by atoms with E-state index in [9.17, 15) is 24.6 Å². The first kappa shape index (κ1) is 21.3. The number of hydrogen-bond donors (Lipinski definition) is 1. The Morgan fingerprint density at radius 2 is 1.57 bits per heavy atom. The number of carboxylic acids is 2. The van der Waals surface area contributed by atoms with Crippen molar-refractivity contribution in [2.45, 2.75) is 13.8 Å². The van der Waals surface area contributed by atoms with Crippen LogP contribution in [0.5, 0.6) is 0 Å². The number of hydrogen-bond acceptors (Lipinski definition) is 7. The fraction of sp³-hybridized carbons (Fsp3) is 0.318. The van der Waals surface area contributed by atoms with Crippen LogP contribution >= 0.6 is 0 Å². The number of anilines is 2. The van der Waals surface area contributed by atoms with E-state index < -0.39 is 11.9 Å². The summed E-state index contributed by atoms with van der Waals surface area (Å²) in [6.45, 7) is 5.96. The van der Waals surface area contributed by atoms with E-state index in [1.165, 1.54) is 19.9 Å². The Morgan fingerprint density at radius 1 is 0.933 bits per heavy atom. The van der Waals surface area contributed by atoms with Gasteiger partial charge < -0.3 is 30.0 Å². The molecule has 0 bridgehead atoms. The van der Waals surface area contributed by atoms with E-state index in [1.54, 1.807) is 0 Å². The summed E-state index contributed by atoms with van der Waals surface area (Å²) in [5.74, 6) is -3.35. The van der Waals surface area contributed by atoms with Crippen LogP contribution in [-0.4, -0.2) is 55.5 Å². The van der Waals surface area contributed by atoms with Crippen molar-refractivity contribution in [2.24, 2.45) is 0 Å². The van der Waals surface area contributed by atoms with Crippen molar-refractivity contribution in [3.63, 3.8) is 0 Å². The maximum atomic E-state index is 12.5. The van der Waals surface area contributed by atoms with Gasteiger partial charge in [-0.3, -0.25) is 9.69 Å². The van der Waals surface area contributed by atoms with Crippen LogP contribution in [0.2, 0.25) is 0 Å². The molecule has 3 rings (SSSR count). The zero-order chi connectivity index (χ0) is 21.8. The van der Waals surface area contributed by atoms with E-state index in [1.807, 2.05) is 35.2 Å². The largest absolute Gasteiger partial charge is 0.545 e. The van der Waals surface area contributed by atoms with Gasteiger partial charge in [0, 0.05) is 48.7 Å². The van der Waals surface area contributed by atoms with Crippen LogP contribution in [-0.2, 0) is 4.79 Å². The molecule has 1 aliphatic rings. The van der Waals surface area contributed by atoms with Crippen molar-refractivity contribution >= 4 is 29.2 Å². The van der Waals surface area contributed by atoms with Gasteiger partial charge in [-0.1, -0.05) is 18.2 Å². The van der Waals surface area contributed by atoms with E-state index in [-0.39, 0.29) is 40.4 Å². The lowest BCUT2D eigenvalue weighted by atomic mass is 9.95. The summed E-state index contributed by atoms with van der Waals surface area (Å²) in [6, 6.07) is 11.3. The number of amides is 1. The molecule has 0 aromatic heterocycles. The number of benzene rings is 2. The van der Waals surface area contributed by atoms with E-state index in [4.69, 9.17) is 0 Å². The molecule has 1 amide bonds. The highest BCUT2D eigenvalue weighted by Crippen LogP contribution is 2.26. The van der Waals surface area contributed by atoms with Crippen LogP contribution in [0, 0.1) is 13.8 Å². The van der Waals surface area contributed by atoms with Crippen LogP contribution < -0.4 is 20.4 Å². The SMILES string of the molecule is Cc1c(NC(=O)CN2CCN(c3ccccc3)CC2)cc(C(=O)[O-])c(C)c1C(=O)[O-]. The second kappa shape index (κ2) is 8.96. The Morgan fingerprint density at radius 3 is 2.13 bits per heavy atom. The molecule has 0 aliphatic carbocycles. The number of carbonyl (C=O) groups is 3. The molecule has 1 aliphatic heterocycles. The van der Waals surface area contributed by atoms with Crippen LogP contribution in [0.3, 0.4) is 0 Å². The van der Waals surface area contributed by atoms with E-state index in [0.717, 1.165) is 18.8 Å². The Balaban J connectivity index is 1.67. The van der Waals surface area contributed by atoms with Gasteiger partial charge in [-0.15, -0.1) is 0 Å². The molecule has 2 aromatic rings. The summed E-state index contributed by atoms with van der Waals surface area (Å²) in [6.07, 6.45) is 0. The zero-order valence-electron chi connectivity index (χ0n) is 16.9. The molecule has 0 unspecified atom stereocenters. The maximum Gasteiger partial charge on any atom is 0.238 e. The number of nitrogens with zero attached hydrogens (tertiary/aromatic N) is 2. The highest BCUT2D eigenvalue weighted by atomic mass is 16.4. The van der Waals surface area contributed by atoms with Crippen molar-refractivity contribution in [1.29, 1.82) is 0 Å². The molecule has 8 heteroatoms. The monoisotopic (exact) mass is 409 g/mol. The predicted molar refractivity (Wildman–Crippen MR) is 108 cm³/mol. The molecule has 0 atom stereocenters. The number of carbonyl (C=O) groups excluding carboxylic acids is 3. The van der Waals surface area contributed by atoms with Gasteiger partial charge in [0.2, 0.25) is 5.91 Å². The molecule has 2 aromatic carbocycles. The van der Waals surface area contributed by atoms with Gasteiger partial charge in [0.15, 0.2) is 0 Å². The van der Waals surface area contributed by atoms with Crippen molar-refractivity contribution in [2.75, 3.05) is 42.9 Å². The van der Waals surface area contributed by atoms with Gasteiger partial charge in [0.1, 0.15) is 0 Å². The first-order valence-corrected chi connectivity index (χ1v) is 9.67. The summed E-state index contributed by atoms with van der Waals surface area (Å²) in [7, 11) is 0. The summed E-state index contributed by atoms with van der Waals surface area (Å²) >= 11 is 0. The third kappa shape index (κ3) is 4.60. The third-order valence-electron chi connectivity index (χ3n) is 5.41. The van der Waals surface area contributed by atoms with Gasteiger partial charge in [-0.25, -0.2) is 0 Å². The number of carboxylic acid groups (broad SMARTS) is 2. The quantitative estimate of drug-likeness (QED) is 0.702. The molecule has 158 valence electrons. The van der Waals surface area contributed by atoms with Crippen LogP contribution in [0.1, 0.15) is 31.8 Å². The van der Waals surface area contributed by atoms with Gasteiger partial charge in [0.05, 0.1) is 18.5 Å². The van der Waals surface area contributed by atoms with Gasteiger partial charge in [-0.05, 0) is 43.2 Å². The summed E-state index contributed by atoms with van der Waals surface area (Å²) in [5, 5.41) is 25.5. The summed E-state index contributed by atoms with van der Waals surface area (Å²) in [4.78, 5) is 39.6. The van der Waals surface area contributed by atoms with Crippen molar-refractivity contribution in [1.82, 2.24) is 4.90 Å². The van der Waals surface area contributed by atoms with E-state index in [2.05, 4.69) is 10.2 Å². The Labute approximate surface area is 174 Å². The average molecular weight is 409 g/mol. The first-order valence-electron chi connectivity index (χ1n) is 9.67. The molecule has 1 fully saturated rings. The van der Waals surface area contributed by atoms with Crippen LogP contribution in [0.4, 0.5) is 11.4 Å². The number of aromatic carboxylic acids is 2. The van der Waals surface area contributed by atoms with Gasteiger partial charge >= 0.3 is 0 Å². The lowest BCUT2D eigenvalue weighted by molar-refractivity contribution is -0.255. The fourth-order valence-corrected chi connectivity index (χ4v) is 3.76. The van der Waals surface area contributed by atoms with Gasteiger partial charge in [-0.2, -0.15) is 0 Å². The molecule has 0 radical (unpaired) electrons. The van der Waals surface area contributed by atoms with Crippen molar-refractivity contribution < 1.29 is 24.6 Å². The lowest BCUT2D eigenvalue weighted by Gasteiger charge is -2.35. The molecule has 0 saturated carbocycles. The van der Waals surface area contributed by atoms with E-state index in [0.29, 0.717) is 13.1 Å². The maximum absolute atomic E-state index is 12.5. The zero-order valence-corrected chi connectivity index (χ0v) is 16.9. The second-order valence-corrected chi connectivity index (χ2v) is 7.32. The standard InChI is InChI=1S/C22H25N3O5/c1-14-17(21(27)28)12-18(15(2)20(14)22(29)30)23-19(26)13-24-8-10-25(11-9-24)16-6-4-3-5-7-16/h3-7,12H,8-11,13H2,1-2H3,(H,23,26)(H,27,28)(H,29,30)/p-2.